The average Bonchev–Trinajstić information content (AvgIpc) is 3.48. The van der Waals surface area contributed by atoms with Gasteiger partial charge in [-0.3, -0.25) is 19.0 Å². The van der Waals surface area contributed by atoms with Crippen molar-refractivity contribution in [1.29, 1.82) is 0 Å². The van der Waals surface area contributed by atoms with Crippen LogP contribution in [0.5, 0.6) is 0 Å². The van der Waals surface area contributed by atoms with Crippen LogP contribution in [0, 0.1) is 5.82 Å². The summed E-state index contributed by atoms with van der Waals surface area (Å²) in [5.41, 5.74) is 4.17. The summed E-state index contributed by atoms with van der Waals surface area (Å²) in [6, 6.07) is 14.1. The Morgan fingerprint density at radius 1 is 1.07 bits per heavy atom. The molecule has 0 spiro atoms. The zero-order valence-corrected chi connectivity index (χ0v) is 24.0. The number of aromatic nitrogens is 4. The number of nitrogens with zero attached hydrogens (tertiary/aromatic N) is 5. The van der Waals surface area contributed by atoms with Gasteiger partial charge in [0.2, 0.25) is 11.7 Å². The lowest BCUT2D eigenvalue weighted by Crippen LogP contribution is -2.46. The van der Waals surface area contributed by atoms with Crippen LogP contribution in [0.25, 0.3) is 27.8 Å². The Labute approximate surface area is 247 Å². The maximum atomic E-state index is 15.3. The van der Waals surface area contributed by atoms with Crippen LogP contribution in [0.15, 0.2) is 73.3 Å². The molecule has 2 aliphatic rings. The van der Waals surface area contributed by atoms with E-state index < -0.39 is 17.8 Å². The molecule has 1 N–H and O–H groups in total. The highest BCUT2D eigenvalue weighted by molar-refractivity contribution is 5.98. The number of rotatable bonds is 7. The van der Waals surface area contributed by atoms with Gasteiger partial charge in [-0.15, -0.1) is 0 Å². The van der Waals surface area contributed by atoms with Gasteiger partial charge < -0.3 is 15.0 Å². The molecule has 218 valence electrons. The number of nitrogens with one attached hydrogen (secondary N) is 1. The maximum Gasteiger partial charge on any atom is 0.254 e. The van der Waals surface area contributed by atoms with Gasteiger partial charge in [0, 0.05) is 55.2 Å². The molecule has 2 amide bonds. The molecule has 1 aliphatic heterocycles. The third-order valence-corrected chi connectivity index (χ3v) is 8.82. The number of likely N-dealkylation sites (tertiary alicyclic amines) is 1. The zero-order chi connectivity index (χ0) is 29.7. The fourth-order valence-corrected chi connectivity index (χ4v) is 6.18. The molecule has 1 saturated carbocycles. The molecule has 4 heterocycles. The number of hydrogen-bond donors (Lipinski definition) is 1. The average molecular weight is 579 g/mol. The summed E-state index contributed by atoms with van der Waals surface area (Å²) < 4.78 is 22.6. The first-order valence-electron chi connectivity index (χ1n) is 14.5. The Morgan fingerprint density at radius 3 is 2.67 bits per heavy atom. The number of fused-ring (bicyclic) bond motifs is 2. The smallest absolute Gasteiger partial charge is 0.254 e. The van der Waals surface area contributed by atoms with Crippen LogP contribution >= 0.6 is 0 Å². The van der Waals surface area contributed by atoms with Crippen molar-refractivity contribution < 1.29 is 18.7 Å². The number of ether oxygens (including phenoxy) is 1. The number of pyridine rings is 1. The van der Waals surface area contributed by atoms with E-state index in [9.17, 15) is 9.59 Å². The van der Waals surface area contributed by atoms with Crippen molar-refractivity contribution in [1.82, 2.24) is 29.6 Å². The molecule has 5 aromatic rings. The maximum absolute atomic E-state index is 15.3. The van der Waals surface area contributed by atoms with Gasteiger partial charge in [-0.2, -0.15) is 0 Å². The Morgan fingerprint density at radius 2 is 1.91 bits per heavy atom. The molecule has 0 radical (unpaired) electrons. The summed E-state index contributed by atoms with van der Waals surface area (Å²) in [6.45, 7) is 2.66. The Balaban J connectivity index is 1.13. The van der Waals surface area contributed by atoms with Crippen LogP contribution in [0.4, 0.5) is 4.39 Å². The van der Waals surface area contributed by atoms with Crippen molar-refractivity contribution in [3.8, 4) is 11.1 Å². The largest absolute Gasteiger partial charge is 0.380 e. The van der Waals surface area contributed by atoms with E-state index in [1.54, 1.807) is 37.4 Å². The SMILES string of the molecule is CO[C@H]1CCN(C(=O)C(C)NC(=O)c2ccc(-c3cnc4ncc(C5(c6ccc7ncccc7c6)CC5)n4c3)cc2F)C1. The molecular formula is C33H31FN6O3. The molecule has 2 aromatic carbocycles. The number of halogens is 1. The minimum absolute atomic E-state index is 0.00463. The molecule has 9 nitrogen and oxygen atoms in total. The van der Waals surface area contributed by atoms with Crippen molar-refractivity contribution in [2.75, 3.05) is 20.2 Å². The van der Waals surface area contributed by atoms with E-state index in [0.717, 1.165) is 35.9 Å². The molecule has 7 rings (SSSR count). The fraction of sp³-hybridized carbons (Fsp3) is 0.303. The van der Waals surface area contributed by atoms with Gasteiger partial charge in [-0.05, 0) is 67.6 Å². The van der Waals surface area contributed by atoms with Gasteiger partial charge in [0.05, 0.1) is 29.1 Å². The van der Waals surface area contributed by atoms with Gasteiger partial charge in [0.25, 0.3) is 5.91 Å². The minimum atomic E-state index is -0.790. The van der Waals surface area contributed by atoms with Crippen LogP contribution in [0.1, 0.15) is 47.8 Å². The normalized spacial score (nSPS) is 18.2. The predicted octanol–water partition coefficient (Wildman–Crippen LogP) is 4.53. The molecule has 3 aromatic heterocycles. The van der Waals surface area contributed by atoms with Crippen LogP contribution < -0.4 is 5.32 Å². The first kappa shape index (κ1) is 27.2. The van der Waals surface area contributed by atoms with Gasteiger partial charge in [-0.1, -0.05) is 18.2 Å². The molecule has 1 aliphatic carbocycles. The number of carbonyl (C=O) groups is 2. The van der Waals surface area contributed by atoms with E-state index in [4.69, 9.17) is 4.74 Å². The topological polar surface area (TPSA) is 102 Å². The first-order valence-corrected chi connectivity index (χ1v) is 14.5. The monoisotopic (exact) mass is 578 g/mol. The van der Waals surface area contributed by atoms with Crippen LogP contribution in [-0.2, 0) is 14.9 Å². The predicted molar refractivity (Wildman–Crippen MR) is 159 cm³/mol. The molecule has 2 fully saturated rings. The number of carbonyl (C=O) groups excluding carboxylic acids is 2. The summed E-state index contributed by atoms with van der Waals surface area (Å²) >= 11 is 0. The van der Waals surface area contributed by atoms with E-state index in [0.29, 0.717) is 30.0 Å². The molecular weight excluding hydrogens is 547 g/mol. The first-order chi connectivity index (χ1) is 20.9. The van der Waals surface area contributed by atoms with E-state index >= 15 is 4.39 Å². The molecule has 2 atom stereocenters. The quantitative estimate of drug-likeness (QED) is 0.305. The number of methoxy groups -OCH3 is 1. The van der Waals surface area contributed by atoms with Gasteiger partial charge in [-0.25, -0.2) is 14.4 Å². The van der Waals surface area contributed by atoms with Crippen LogP contribution in [-0.4, -0.2) is 68.4 Å². The van der Waals surface area contributed by atoms with Gasteiger partial charge in [0.15, 0.2) is 0 Å². The molecule has 0 bridgehead atoms. The summed E-state index contributed by atoms with van der Waals surface area (Å²) in [5, 5.41) is 3.74. The van der Waals surface area contributed by atoms with E-state index in [1.807, 2.05) is 22.9 Å². The highest BCUT2D eigenvalue weighted by Crippen LogP contribution is 2.53. The summed E-state index contributed by atoms with van der Waals surface area (Å²) in [7, 11) is 1.62. The molecule has 1 saturated heterocycles. The van der Waals surface area contributed by atoms with E-state index in [1.165, 1.54) is 17.7 Å². The third kappa shape index (κ3) is 4.81. The fourth-order valence-electron chi connectivity index (χ4n) is 6.18. The highest BCUT2D eigenvalue weighted by Gasteiger charge is 2.48. The number of imidazole rings is 1. The summed E-state index contributed by atoms with van der Waals surface area (Å²) in [4.78, 5) is 40.9. The van der Waals surface area contributed by atoms with Gasteiger partial charge >= 0.3 is 0 Å². The van der Waals surface area contributed by atoms with E-state index in [-0.39, 0.29) is 23.0 Å². The number of amides is 2. The standard InChI is InChI=1S/C33H31FN6O3/c1-20(31(42)39-13-9-25(19-39)43-2)38-30(41)26-7-5-21(15-27(26)34)23-16-36-32-37-17-29(40(32)18-23)33(10-11-33)24-6-8-28-22(14-24)4-3-12-35-28/h3-8,12,14-18,20,25H,9-11,13,19H2,1-2H3,(H,38,41)/t20?,25-/m0/s1. The highest BCUT2D eigenvalue weighted by atomic mass is 19.1. The van der Waals surface area contributed by atoms with Crippen molar-refractivity contribution >= 4 is 28.5 Å². The minimum Gasteiger partial charge on any atom is -0.380 e. The van der Waals surface area contributed by atoms with Crippen molar-refractivity contribution in [3.63, 3.8) is 0 Å². The Bertz CT molecular complexity index is 1880. The lowest BCUT2D eigenvalue weighted by molar-refractivity contribution is -0.132. The molecule has 10 heteroatoms. The van der Waals surface area contributed by atoms with Crippen molar-refractivity contribution in [3.05, 3.63) is 96.0 Å². The number of benzene rings is 2. The Hall–Kier alpha value is -4.70. The van der Waals surface area contributed by atoms with Crippen molar-refractivity contribution in [2.45, 2.75) is 43.7 Å². The molecule has 43 heavy (non-hydrogen) atoms. The third-order valence-electron chi connectivity index (χ3n) is 8.82. The second kappa shape index (κ2) is 10.5. The lowest BCUT2D eigenvalue weighted by atomic mass is 9.91. The summed E-state index contributed by atoms with van der Waals surface area (Å²) in [6.07, 6.45) is 9.97. The number of hydrogen-bond acceptors (Lipinski definition) is 6. The van der Waals surface area contributed by atoms with Gasteiger partial charge in [0.1, 0.15) is 11.9 Å². The molecule has 1 unspecified atom stereocenters. The zero-order valence-electron chi connectivity index (χ0n) is 24.0. The second-order valence-corrected chi connectivity index (χ2v) is 11.5. The Kier molecular flexibility index (Phi) is 6.65. The van der Waals surface area contributed by atoms with Crippen LogP contribution in [0.2, 0.25) is 0 Å². The van der Waals surface area contributed by atoms with Crippen molar-refractivity contribution in [2.24, 2.45) is 0 Å². The summed E-state index contributed by atoms with van der Waals surface area (Å²) in [5.74, 6) is -0.963. The van der Waals surface area contributed by atoms with E-state index in [2.05, 4.69) is 44.5 Å². The second-order valence-electron chi connectivity index (χ2n) is 11.5. The lowest BCUT2D eigenvalue weighted by Gasteiger charge is -2.21. The van der Waals surface area contributed by atoms with Crippen LogP contribution in [0.3, 0.4) is 0 Å².